The van der Waals surface area contributed by atoms with Gasteiger partial charge in [0, 0.05) is 7.05 Å². The molecule has 0 atom stereocenters. The van der Waals surface area contributed by atoms with Crippen molar-refractivity contribution >= 4 is 11.4 Å². The van der Waals surface area contributed by atoms with Crippen molar-refractivity contribution in [3.05, 3.63) is 39.4 Å². The Morgan fingerprint density at radius 2 is 1.92 bits per heavy atom. The van der Waals surface area contributed by atoms with Crippen molar-refractivity contribution in [3.63, 3.8) is 0 Å². The quantitative estimate of drug-likeness (QED) is 0.673. The first-order chi connectivity index (χ1) is 5.77. The van der Waals surface area contributed by atoms with Crippen LogP contribution in [0.5, 0.6) is 0 Å². The van der Waals surface area contributed by atoms with E-state index in [-0.39, 0.29) is 11.1 Å². The maximum Gasteiger partial charge on any atom is 0.201 e. The van der Waals surface area contributed by atoms with Gasteiger partial charge in [-0.15, -0.1) is 4.91 Å². The lowest BCUT2D eigenvalue weighted by molar-refractivity contribution is 1.49. The standard InChI is InChI=1S/C8H8N2O2/c1-9-7-4-2-6(10-12)3-5-8(7)11/h2-5H,1H3,(H,9,11). The lowest BCUT2D eigenvalue weighted by Crippen LogP contribution is -2.02. The second kappa shape index (κ2) is 3.61. The molecule has 12 heavy (non-hydrogen) atoms. The fraction of sp³-hybridized carbons (Fsp3) is 0.125. The van der Waals surface area contributed by atoms with E-state index in [0.29, 0.717) is 5.69 Å². The van der Waals surface area contributed by atoms with Crippen LogP contribution in [0.15, 0.2) is 34.2 Å². The first-order valence-corrected chi connectivity index (χ1v) is 3.43. The Bertz CT molecular complexity index is 349. The van der Waals surface area contributed by atoms with Crippen molar-refractivity contribution in [2.75, 3.05) is 12.4 Å². The molecule has 0 saturated carbocycles. The molecule has 0 unspecified atom stereocenters. The first-order valence-electron chi connectivity index (χ1n) is 3.43. The number of rotatable bonds is 2. The molecule has 4 nitrogen and oxygen atoms in total. The smallest absolute Gasteiger partial charge is 0.201 e. The summed E-state index contributed by atoms with van der Waals surface area (Å²) in [6, 6.07) is 5.71. The fourth-order valence-electron chi connectivity index (χ4n) is 0.825. The Balaban J connectivity index is 3.32. The maximum absolute atomic E-state index is 11.1. The highest BCUT2D eigenvalue weighted by Gasteiger charge is 1.93. The minimum atomic E-state index is -0.160. The van der Waals surface area contributed by atoms with Crippen molar-refractivity contribution in [1.29, 1.82) is 0 Å². The second-order valence-electron chi connectivity index (χ2n) is 2.21. The molecule has 0 fully saturated rings. The van der Waals surface area contributed by atoms with Crippen molar-refractivity contribution in [2.45, 2.75) is 0 Å². The van der Waals surface area contributed by atoms with E-state index in [1.54, 1.807) is 7.05 Å². The molecule has 0 aromatic heterocycles. The highest BCUT2D eigenvalue weighted by molar-refractivity contribution is 5.47. The maximum atomic E-state index is 11.1. The lowest BCUT2D eigenvalue weighted by atomic mass is 10.4. The Morgan fingerprint density at radius 3 is 2.50 bits per heavy atom. The zero-order valence-electron chi connectivity index (χ0n) is 6.57. The summed E-state index contributed by atoms with van der Waals surface area (Å²) < 4.78 is 0. The fourth-order valence-corrected chi connectivity index (χ4v) is 0.825. The predicted molar refractivity (Wildman–Crippen MR) is 47.7 cm³/mol. The van der Waals surface area contributed by atoms with E-state index in [1.165, 1.54) is 24.3 Å². The number of anilines is 1. The Kier molecular flexibility index (Phi) is 2.53. The first kappa shape index (κ1) is 8.39. The lowest BCUT2D eigenvalue weighted by Gasteiger charge is -1.89. The minimum absolute atomic E-state index is 0.160. The zero-order chi connectivity index (χ0) is 8.97. The highest BCUT2D eigenvalue weighted by Crippen LogP contribution is 2.08. The van der Waals surface area contributed by atoms with Gasteiger partial charge in [0.15, 0.2) is 0 Å². The van der Waals surface area contributed by atoms with Gasteiger partial charge in [0.25, 0.3) is 0 Å². The number of hydrogen-bond acceptors (Lipinski definition) is 4. The summed E-state index contributed by atoms with van der Waals surface area (Å²) in [7, 11) is 1.64. The van der Waals surface area contributed by atoms with E-state index < -0.39 is 0 Å². The van der Waals surface area contributed by atoms with Crippen LogP contribution in [0.1, 0.15) is 0 Å². The van der Waals surface area contributed by atoms with Crippen molar-refractivity contribution in [2.24, 2.45) is 5.18 Å². The second-order valence-corrected chi connectivity index (χ2v) is 2.21. The molecule has 0 saturated heterocycles. The molecule has 0 bridgehead atoms. The third-order valence-corrected chi connectivity index (χ3v) is 1.47. The van der Waals surface area contributed by atoms with Gasteiger partial charge in [0.2, 0.25) is 5.43 Å². The third kappa shape index (κ3) is 1.66. The number of nitrogens with one attached hydrogen (secondary N) is 1. The summed E-state index contributed by atoms with van der Waals surface area (Å²) >= 11 is 0. The number of nitroso groups, excluding NO2 is 1. The van der Waals surface area contributed by atoms with Crippen LogP contribution in [-0.4, -0.2) is 7.05 Å². The van der Waals surface area contributed by atoms with Crippen LogP contribution in [0.4, 0.5) is 11.4 Å². The van der Waals surface area contributed by atoms with Gasteiger partial charge < -0.3 is 5.32 Å². The Morgan fingerprint density at radius 1 is 1.25 bits per heavy atom. The number of nitrogens with zero attached hydrogens (tertiary/aromatic N) is 1. The molecule has 0 aliphatic rings. The number of hydrogen-bond donors (Lipinski definition) is 1. The van der Waals surface area contributed by atoms with Gasteiger partial charge in [0.1, 0.15) is 5.69 Å². The molecular weight excluding hydrogens is 156 g/mol. The zero-order valence-corrected chi connectivity index (χ0v) is 6.57. The predicted octanol–water partition coefficient (Wildman–Crippen LogP) is 1.49. The largest absolute Gasteiger partial charge is 0.385 e. The van der Waals surface area contributed by atoms with Gasteiger partial charge in [-0.2, -0.15) is 0 Å². The van der Waals surface area contributed by atoms with Crippen LogP contribution in [0.25, 0.3) is 0 Å². The minimum Gasteiger partial charge on any atom is -0.385 e. The van der Waals surface area contributed by atoms with Gasteiger partial charge in [-0.05, 0) is 29.4 Å². The molecule has 0 spiro atoms. The van der Waals surface area contributed by atoms with E-state index >= 15 is 0 Å². The van der Waals surface area contributed by atoms with Crippen LogP contribution < -0.4 is 10.7 Å². The summed E-state index contributed by atoms with van der Waals surface area (Å²) in [4.78, 5) is 21.2. The molecule has 1 rings (SSSR count). The average Bonchev–Trinajstić information content (AvgIpc) is 2.27. The van der Waals surface area contributed by atoms with Gasteiger partial charge in [-0.3, -0.25) is 4.79 Å². The van der Waals surface area contributed by atoms with Crippen LogP contribution in [0, 0.1) is 4.91 Å². The van der Waals surface area contributed by atoms with E-state index in [2.05, 4.69) is 10.5 Å². The topological polar surface area (TPSA) is 58.5 Å². The molecule has 0 aliphatic carbocycles. The normalized spacial score (nSPS) is 9.08. The molecule has 0 aliphatic heterocycles. The van der Waals surface area contributed by atoms with Gasteiger partial charge in [-0.25, -0.2) is 0 Å². The van der Waals surface area contributed by atoms with E-state index in [4.69, 9.17) is 0 Å². The summed E-state index contributed by atoms with van der Waals surface area (Å²) in [5, 5.41) is 5.42. The van der Waals surface area contributed by atoms with Gasteiger partial charge >= 0.3 is 0 Å². The van der Waals surface area contributed by atoms with E-state index in [9.17, 15) is 9.70 Å². The molecule has 0 heterocycles. The van der Waals surface area contributed by atoms with Crippen molar-refractivity contribution < 1.29 is 0 Å². The molecule has 4 heteroatoms. The Labute approximate surface area is 69.2 Å². The Hall–Kier alpha value is -1.71. The van der Waals surface area contributed by atoms with Crippen molar-refractivity contribution in [3.8, 4) is 0 Å². The van der Waals surface area contributed by atoms with Crippen molar-refractivity contribution in [1.82, 2.24) is 0 Å². The molecule has 0 amide bonds. The summed E-state index contributed by atoms with van der Waals surface area (Å²) in [6.07, 6.45) is 0. The molecule has 0 radical (unpaired) electrons. The molecule has 1 N–H and O–H groups in total. The van der Waals surface area contributed by atoms with Crippen LogP contribution >= 0.6 is 0 Å². The van der Waals surface area contributed by atoms with Crippen LogP contribution in [0.2, 0.25) is 0 Å². The molecule has 62 valence electrons. The summed E-state index contributed by atoms with van der Waals surface area (Å²) in [5.74, 6) is 0. The van der Waals surface area contributed by atoms with E-state index in [1.807, 2.05) is 0 Å². The molecular formula is C8H8N2O2. The van der Waals surface area contributed by atoms with E-state index in [0.717, 1.165) is 0 Å². The summed E-state index contributed by atoms with van der Waals surface area (Å²) in [5.41, 5.74) is 0.533. The monoisotopic (exact) mass is 164 g/mol. The average molecular weight is 164 g/mol. The summed E-state index contributed by atoms with van der Waals surface area (Å²) in [6.45, 7) is 0. The molecule has 1 aromatic carbocycles. The molecule has 1 aromatic rings. The van der Waals surface area contributed by atoms with Gasteiger partial charge in [-0.1, -0.05) is 0 Å². The third-order valence-electron chi connectivity index (χ3n) is 1.47. The van der Waals surface area contributed by atoms with Crippen LogP contribution in [0.3, 0.4) is 0 Å². The SMILES string of the molecule is CNc1ccc(N=O)ccc1=O. The highest BCUT2D eigenvalue weighted by atomic mass is 16.3. The van der Waals surface area contributed by atoms with Gasteiger partial charge in [0.05, 0.1) is 5.69 Å². The van der Waals surface area contributed by atoms with Crippen LogP contribution in [-0.2, 0) is 0 Å².